The fraction of sp³-hybridized carbons (Fsp3) is 0.600. The smallest absolute Gasteiger partial charge is 0.0533 e. The molecule has 0 unspecified atom stereocenters. The maximum atomic E-state index is 5.64. The highest BCUT2D eigenvalue weighted by Gasteiger charge is 2.12. The lowest BCUT2D eigenvalue weighted by Gasteiger charge is -1.93. The van der Waals surface area contributed by atoms with Crippen molar-refractivity contribution in [3.05, 3.63) is 12.2 Å². The van der Waals surface area contributed by atoms with Gasteiger partial charge in [0.1, 0.15) is 0 Å². The minimum atomic E-state index is 0.183. The first kappa shape index (κ1) is 5.46. The second-order valence-corrected chi connectivity index (χ2v) is 2.77. The number of hydrogen-bond donors (Lipinski definition) is 0. The highest BCUT2D eigenvalue weighted by Crippen LogP contribution is 2.19. The van der Waals surface area contributed by atoms with Crippen molar-refractivity contribution in [2.45, 2.75) is 17.2 Å². The zero-order valence-electron chi connectivity index (χ0n) is 3.77. The average Bonchev–Trinajstić information content (AvgIpc) is 1.87. The predicted octanol–water partition coefficient (Wildman–Crippen LogP) is 2.16. The van der Waals surface area contributed by atoms with Crippen LogP contribution < -0.4 is 0 Å². The summed E-state index contributed by atoms with van der Waals surface area (Å²) in [6.45, 7) is 0. The first-order valence-electron chi connectivity index (χ1n) is 2.25. The minimum Gasteiger partial charge on any atom is -0.118 e. The zero-order valence-corrected chi connectivity index (χ0v) is 5.28. The van der Waals surface area contributed by atoms with Crippen LogP contribution in [0, 0.1) is 0 Å². The minimum absolute atomic E-state index is 0.183. The monoisotopic (exact) mass is 136 g/mol. The molecule has 0 heterocycles. The van der Waals surface area contributed by atoms with Crippen LogP contribution in [-0.2, 0) is 0 Å². The molecule has 1 aliphatic rings. The van der Waals surface area contributed by atoms with Gasteiger partial charge in [0.2, 0.25) is 0 Å². The molecule has 2 atom stereocenters. The molecule has 0 saturated carbocycles. The molecule has 0 fully saturated rings. The van der Waals surface area contributed by atoms with Crippen LogP contribution in [0.1, 0.15) is 6.42 Å². The van der Waals surface area contributed by atoms with Crippen LogP contribution >= 0.6 is 23.2 Å². The van der Waals surface area contributed by atoms with Crippen molar-refractivity contribution in [1.82, 2.24) is 0 Å². The Morgan fingerprint density at radius 3 is 1.71 bits per heavy atom. The Morgan fingerprint density at radius 1 is 1.14 bits per heavy atom. The number of rotatable bonds is 0. The molecular formula is C5H6Cl2. The molecule has 0 spiro atoms. The maximum absolute atomic E-state index is 5.64. The molecule has 0 nitrogen and oxygen atoms in total. The molecule has 0 aromatic heterocycles. The van der Waals surface area contributed by atoms with Gasteiger partial charge in [0.15, 0.2) is 0 Å². The summed E-state index contributed by atoms with van der Waals surface area (Å²) in [6.07, 6.45) is 4.75. The molecule has 2 heteroatoms. The third-order valence-corrected chi connectivity index (χ3v) is 1.63. The van der Waals surface area contributed by atoms with E-state index in [1.807, 2.05) is 12.2 Å². The summed E-state index contributed by atoms with van der Waals surface area (Å²) in [5, 5.41) is 0.366. The Kier molecular flexibility index (Phi) is 1.61. The van der Waals surface area contributed by atoms with E-state index in [1.54, 1.807) is 0 Å². The SMILES string of the molecule is Cl[C@H]1C=C[C@H](Cl)C1. The Labute approximate surface area is 53.1 Å². The average molecular weight is 137 g/mol. The topological polar surface area (TPSA) is 0 Å². The number of allylic oxidation sites excluding steroid dienone is 2. The van der Waals surface area contributed by atoms with Gasteiger partial charge in [-0.3, -0.25) is 0 Å². The fourth-order valence-electron chi connectivity index (χ4n) is 0.613. The van der Waals surface area contributed by atoms with Crippen LogP contribution in [0.5, 0.6) is 0 Å². The van der Waals surface area contributed by atoms with E-state index < -0.39 is 0 Å². The van der Waals surface area contributed by atoms with Gasteiger partial charge in [-0.2, -0.15) is 0 Å². The van der Waals surface area contributed by atoms with Crippen LogP contribution in [0.15, 0.2) is 12.2 Å². The van der Waals surface area contributed by atoms with Gasteiger partial charge in [0.05, 0.1) is 10.8 Å². The Hall–Kier alpha value is 0.320. The number of hydrogen-bond acceptors (Lipinski definition) is 0. The Bertz CT molecular complexity index is 78.1. The van der Waals surface area contributed by atoms with Crippen LogP contribution in [0.2, 0.25) is 0 Å². The molecule has 0 aromatic carbocycles. The molecule has 1 aliphatic carbocycles. The maximum Gasteiger partial charge on any atom is 0.0533 e. The Balaban J connectivity index is 2.42. The van der Waals surface area contributed by atoms with E-state index in [4.69, 9.17) is 23.2 Å². The molecule has 40 valence electrons. The lowest BCUT2D eigenvalue weighted by atomic mass is 10.3. The molecule has 0 aliphatic heterocycles. The van der Waals surface area contributed by atoms with Crippen LogP contribution in [-0.4, -0.2) is 10.8 Å². The summed E-state index contributed by atoms with van der Waals surface area (Å²) in [7, 11) is 0. The van der Waals surface area contributed by atoms with Crippen molar-refractivity contribution in [2.75, 3.05) is 0 Å². The standard InChI is InChI=1S/C5H6Cl2/c6-4-1-2-5(7)3-4/h1-2,4-5H,3H2/t4-,5-/m0/s1. The first-order chi connectivity index (χ1) is 3.29. The Morgan fingerprint density at radius 2 is 1.57 bits per heavy atom. The van der Waals surface area contributed by atoms with Gasteiger partial charge in [-0.25, -0.2) is 0 Å². The molecule has 0 N–H and O–H groups in total. The van der Waals surface area contributed by atoms with Crippen molar-refractivity contribution in [2.24, 2.45) is 0 Å². The third-order valence-electron chi connectivity index (χ3n) is 0.979. The summed E-state index contributed by atoms with van der Waals surface area (Å²) in [5.74, 6) is 0. The predicted molar refractivity (Wildman–Crippen MR) is 33.0 cm³/mol. The van der Waals surface area contributed by atoms with Gasteiger partial charge >= 0.3 is 0 Å². The van der Waals surface area contributed by atoms with Gasteiger partial charge in [0, 0.05) is 0 Å². The summed E-state index contributed by atoms with van der Waals surface area (Å²) in [4.78, 5) is 0. The summed E-state index contributed by atoms with van der Waals surface area (Å²) in [6, 6.07) is 0. The third kappa shape index (κ3) is 1.36. The van der Waals surface area contributed by atoms with Gasteiger partial charge in [-0.15, -0.1) is 23.2 Å². The van der Waals surface area contributed by atoms with E-state index in [1.165, 1.54) is 0 Å². The first-order valence-corrected chi connectivity index (χ1v) is 3.13. The van der Waals surface area contributed by atoms with Crippen molar-refractivity contribution in [3.63, 3.8) is 0 Å². The molecule has 0 aromatic rings. The molecule has 0 radical (unpaired) electrons. The van der Waals surface area contributed by atoms with Crippen molar-refractivity contribution in [1.29, 1.82) is 0 Å². The highest BCUT2D eigenvalue weighted by molar-refractivity contribution is 6.26. The van der Waals surface area contributed by atoms with Crippen molar-refractivity contribution < 1.29 is 0 Å². The summed E-state index contributed by atoms with van der Waals surface area (Å²) < 4.78 is 0. The lowest BCUT2D eigenvalue weighted by Crippen LogP contribution is -1.92. The number of alkyl halides is 2. The second-order valence-electron chi connectivity index (χ2n) is 1.65. The molecule has 0 bridgehead atoms. The van der Waals surface area contributed by atoms with E-state index in [-0.39, 0.29) is 10.8 Å². The highest BCUT2D eigenvalue weighted by atomic mass is 35.5. The fourth-order valence-corrected chi connectivity index (χ4v) is 1.26. The summed E-state index contributed by atoms with van der Waals surface area (Å²) in [5.41, 5.74) is 0. The largest absolute Gasteiger partial charge is 0.118 e. The van der Waals surface area contributed by atoms with Gasteiger partial charge in [-0.1, -0.05) is 12.2 Å². The molecule has 0 amide bonds. The molecular weight excluding hydrogens is 131 g/mol. The number of halogens is 2. The van der Waals surface area contributed by atoms with E-state index in [2.05, 4.69) is 0 Å². The second kappa shape index (κ2) is 2.06. The quantitative estimate of drug-likeness (QED) is 0.354. The van der Waals surface area contributed by atoms with Gasteiger partial charge < -0.3 is 0 Å². The van der Waals surface area contributed by atoms with Crippen LogP contribution in [0.4, 0.5) is 0 Å². The van der Waals surface area contributed by atoms with Gasteiger partial charge in [0.25, 0.3) is 0 Å². The van der Waals surface area contributed by atoms with Crippen LogP contribution in [0.25, 0.3) is 0 Å². The summed E-state index contributed by atoms with van der Waals surface area (Å²) >= 11 is 11.3. The lowest BCUT2D eigenvalue weighted by molar-refractivity contribution is 0.942. The molecule has 0 saturated heterocycles. The molecule has 7 heavy (non-hydrogen) atoms. The van der Waals surface area contributed by atoms with E-state index in [9.17, 15) is 0 Å². The van der Waals surface area contributed by atoms with E-state index in [0.717, 1.165) is 6.42 Å². The molecule has 1 rings (SSSR count). The van der Waals surface area contributed by atoms with E-state index >= 15 is 0 Å². The van der Waals surface area contributed by atoms with Crippen molar-refractivity contribution >= 4 is 23.2 Å². The normalized spacial score (nSPS) is 39.7. The zero-order chi connectivity index (χ0) is 5.28. The van der Waals surface area contributed by atoms with Crippen molar-refractivity contribution in [3.8, 4) is 0 Å². The van der Waals surface area contributed by atoms with Gasteiger partial charge in [-0.05, 0) is 6.42 Å². The van der Waals surface area contributed by atoms with Crippen LogP contribution in [0.3, 0.4) is 0 Å². The van der Waals surface area contributed by atoms with E-state index in [0.29, 0.717) is 0 Å².